The lowest BCUT2D eigenvalue weighted by molar-refractivity contribution is -0.269. The molecule has 0 bridgehead atoms. The molecular formula is C36H52O9. The molecule has 4 aliphatic carbocycles. The molecule has 0 radical (unpaired) electrons. The minimum Gasteiger partial charge on any atom is -0.478 e. The van der Waals surface area contributed by atoms with Gasteiger partial charge in [0.15, 0.2) is 12.6 Å². The highest BCUT2D eigenvalue weighted by atomic mass is 16.7. The van der Waals surface area contributed by atoms with Crippen LogP contribution in [-0.2, 0) is 28.6 Å². The molecule has 0 spiro atoms. The molecule has 5 rings (SSSR count). The normalized spacial score (nSPS) is 45.2. The van der Waals surface area contributed by atoms with Crippen LogP contribution in [0.1, 0.15) is 99.8 Å². The van der Waals surface area contributed by atoms with Crippen molar-refractivity contribution in [3.63, 3.8) is 0 Å². The zero-order valence-corrected chi connectivity index (χ0v) is 27.9. The number of hydrogen-bond donors (Lipinski definition) is 3. The average Bonchev–Trinajstić information content (AvgIpc) is 3.21. The van der Waals surface area contributed by atoms with E-state index in [-0.39, 0.29) is 53.0 Å². The molecule has 9 heteroatoms. The van der Waals surface area contributed by atoms with Crippen LogP contribution in [0.4, 0.5) is 0 Å². The number of Topliss-reactive ketones (excluding diaryl/α,β-unsaturated/α-hetero) is 1. The van der Waals surface area contributed by atoms with Crippen molar-refractivity contribution < 1.29 is 43.9 Å². The van der Waals surface area contributed by atoms with Gasteiger partial charge in [-0.15, -0.1) is 0 Å². The van der Waals surface area contributed by atoms with Gasteiger partial charge in [-0.3, -0.25) is 9.59 Å². The fraction of sp³-hybridized carbons (Fsp3) is 0.750. The Morgan fingerprint density at radius 2 is 1.78 bits per heavy atom. The molecule has 0 aromatic carbocycles. The van der Waals surface area contributed by atoms with Gasteiger partial charge in [0.05, 0.1) is 6.10 Å². The van der Waals surface area contributed by atoms with Crippen LogP contribution in [0.5, 0.6) is 0 Å². The van der Waals surface area contributed by atoms with Crippen molar-refractivity contribution in [2.45, 2.75) is 131 Å². The summed E-state index contributed by atoms with van der Waals surface area (Å²) in [4.78, 5) is 39.6. The van der Waals surface area contributed by atoms with E-state index in [0.29, 0.717) is 24.8 Å². The lowest BCUT2D eigenvalue weighted by atomic mass is 9.37. The van der Waals surface area contributed by atoms with Crippen molar-refractivity contribution in [1.29, 1.82) is 0 Å². The van der Waals surface area contributed by atoms with Gasteiger partial charge in [0.1, 0.15) is 18.0 Å². The van der Waals surface area contributed by atoms with Crippen molar-refractivity contribution in [3.8, 4) is 0 Å². The predicted octanol–water partition coefficient (Wildman–Crippen LogP) is 5.49. The van der Waals surface area contributed by atoms with E-state index >= 15 is 0 Å². The van der Waals surface area contributed by atoms with E-state index in [1.165, 1.54) is 13.0 Å². The number of aliphatic hydroxyl groups excluding tert-OH is 2. The lowest BCUT2D eigenvalue weighted by Crippen LogP contribution is -2.64. The molecule has 9 nitrogen and oxygen atoms in total. The minimum absolute atomic E-state index is 0.125. The third kappa shape index (κ3) is 5.76. The quantitative estimate of drug-likeness (QED) is 0.190. The van der Waals surface area contributed by atoms with Crippen molar-refractivity contribution in [3.05, 3.63) is 34.9 Å². The average molecular weight is 629 g/mol. The number of carbonyl (C=O) groups is 3. The largest absolute Gasteiger partial charge is 0.478 e. The molecule has 1 aliphatic heterocycles. The maximum Gasteiger partial charge on any atom is 0.331 e. The highest BCUT2D eigenvalue weighted by Gasteiger charge is 2.71. The Morgan fingerprint density at radius 1 is 1.07 bits per heavy atom. The van der Waals surface area contributed by atoms with Gasteiger partial charge in [-0.25, -0.2) is 4.79 Å². The molecule has 1 heterocycles. The SMILES string of the molecule is CC(=O)O[C@H]1C[C@@]2(C)[C@@H](CC(=O)C3[C@@]4(C)CC[C@@H](O[C@@H]5C=C[C@H](O)[C@@H](O)O5)[C@@H](C)C4CC[C@@]32C)/C1=C(\CCC=C(C)C)C(=O)O. The van der Waals surface area contributed by atoms with Crippen molar-refractivity contribution in [2.24, 2.45) is 39.9 Å². The molecular weight excluding hydrogens is 576 g/mol. The molecule has 0 amide bonds. The Hall–Kier alpha value is -2.33. The van der Waals surface area contributed by atoms with Crippen LogP contribution >= 0.6 is 0 Å². The van der Waals surface area contributed by atoms with Crippen LogP contribution in [0.3, 0.4) is 0 Å². The van der Waals surface area contributed by atoms with Gasteiger partial charge < -0.3 is 29.5 Å². The number of carbonyl (C=O) groups excluding carboxylic acids is 2. The summed E-state index contributed by atoms with van der Waals surface area (Å²) in [6.07, 6.45) is 6.08. The Morgan fingerprint density at radius 3 is 2.40 bits per heavy atom. The standard InChI is InChI=1S/C36H52O9/c1-19(2)9-8-10-22(32(40)41)30-24-17-26(39)31-34(5)15-14-27(44-29-12-11-25(38)33(42)45-29)20(3)23(34)13-16-35(31,6)36(24,7)18-28(30)43-21(4)37/h9,11-12,20,23-25,27-29,31,33,38,42H,8,10,13-18H2,1-7H3,(H,40,41)/b30-22-/t20-,23?,24-,25-,27+,28-,29-,31?,33-,34-,35-,36-/m0/s1. The van der Waals surface area contributed by atoms with E-state index in [0.717, 1.165) is 31.3 Å². The van der Waals surface area contributed by atoms with Gasteiger partial charge in [-0.1, -0.05) is 45.4 Å². The zero-order valence-electron chi connectivity index (χ0n) is 27.9. The third-order valence-electron chi connectivity index (χ3n) is 12.6. The van der Waals surface area contributed by atoms with Gasteiger partial charge >= 0.3 is 11.9 Å². The van der Waals surface area contributed by atoms with Gasteiger partial charge in [0.2, 0.25) is 0 Å². The van der Waals surface area contributed by atoms with E-state index in [2.05, 4.69) is 27.7 Å². The number of hydrogen-bond acceptors (Lipinski definition) is 8. The lowest BCUT2D eigenvalue weighted by Gasteiger charge is -2.67. The fourth-order valence-corrected chi connectivity index (χ4v) is 10.5. The number of aliphatic carboxylic acids is 1. The van der Waals surface area contributed by atoms with Gasteiger partial charge in [-0.2, -0.15) is 0 Å². The first-order valence-electron chi connectivity index (χ1n) is 16.7. The van der Waals surface area contributed by atoms with E-state index < -0.39 is 47.6 Å². The van der Waals surface area contributed by atoms with E-state index in [1.807, 2.05) is 19.9 Å². The van der Waals surface area contributed by atoms with Crippen molar-refractivity contribution in [1.82, 2.24) is 0 Å². The number of allylic oxidation sites excluding steroid dienone is 2. The molecule has 2 unspecified atom stereocenters. The summed E-state index contributed by atoms with van der Waals surface area (Å²) in [5.41, 5.74) is 0.912. The van der Waals surface area contributed by atoms with Gasteiger partial charge in [-0.05, 0) is 104 Å². The zero-order chi connectivity index (χ0) is 33.1. The third-order valence-corrected chi connectivity index (χ3v) is 12.6. The van der Waals surface area contributed by atoms with Crippen LogP contribution in [0, 0.1) is 39.9 Å². The number of rotatable bonds is 7. The number of esters is 1. The number of aliphatic hydroxyl groups is 2. The Balaban J connectivity index is 1.47. The van der Waals surface area contributed by atoms with Crippen molar-refractivity contribution in [2.75, 3.05) is 0 Å². The second kappa shape index (κ2) is 12.4. The van der Waals surface area contributed by atoms with E-state index in [1.54, 1.807) is 6.08 Å². The predicted molar refractivity (Wildman–Crippen MR) is 166 cm³/mol. The number of fused-ring (bicyclic) bond motifs is 5. The summed E-state index contributed by atoms with van der Waals surface area (Å²) >= 11 is 0. The Labute approximate surface area is 267 Å². The maximum atomic E-state index is 14.5. The molecule has 0 aromatic rings. The number of ether oxygens (including phenoxy) is 3. The Bertz CT molecular complexity index is 1290. The number of ketones is 1. The van der Waals surface area contributed by atoms with Crippen molar-refractivity contribution >= 4 is 17.7 Å². The topological polar surface area (TPSA) is 140 Å². The molecule has 4 fully saturated rings. The molecule has 0 saturated heterocycles. The summed E-state index contributed by atoms with van der Waals surface area (Å²) in [6.45, 7) is 14.2. The second-order valence-corrected chi connectivity index (χ2v) is 15.3. The fourth-order valence-electron chi connectivity index (χ4n) is 10.5. The summed E-state index contributed by atoms with van der Waals surface area (Å²) in [5, 5.41) is 30.2. The molecule has 4 saturated carbocycles. The highest BCUT2D eigenvalue weighted by molar-refractivity contribution is 5.90. The first-order valence-corrected chi connectivity index (χ1v) is 16.7. The summed E-state index contributed by atoms with van der Waals surface area (Å²) in [5.74, 6) is -1.42. The number of carboxylic acids is 1. The first-order chi connectivity index (χ1) is 21.0. The Kier molecular flexibility index (Phi) is 9.34. The van der Waals surface area contributed by atoms with Crippen LogP contribution in [-0.4, -0.2) is 63.9 Å². The molecule has 250 valence electrons. The van der Waals surface area contributed by atoms with Crippen LogP contribution in [0.25, 0.3) is 0 Å². The van der Waals surface area contributed by atoms with E-state index in [4.69, 9.17) is 14.2 Å². The van der Waals surface area contributed by atoms with Crippen LogP contribution in [0.2, 0.25) is 0 Å². The highest BCUT2D eigenvalue weighted by Crippen LogP contribution is 2.73. The minimum atomic E-state index is -1.33. The second-order valence-electron chi connectivity index (χ2n) is 15.3. The van der Waals surface area contributed by atoms with Gasteiger partial charge in [0.25, 0.3) is 0 Å². The van der Waals surface area contributed by atoms with Crippen LogP contribution in [0.15, 0.2) is 34.9 Å². The molecule has 3 N–H and O–H groups in total. The summed E-state index contributed by atoms with van der Waals surface area (Å²) in [7, 11) is 0. The van der Waals surface area contributed by atoms with Crippen LogP contribution < -0.4 is 0 Å². The first kappa shape index (κ1) is 34.0. The van der Waals surface area contributed by atoms with Gasteiger partial charge in [0, 0.05) is 24.8 Å². The maximum absolute atomic E-state index is 14.5. The summed E-state index contributed by atoms with van der Waals surface area (Å²) in [6, 6.07) is 0. The summed E-state index contributed by atoms with van der Waals surface area (Å²) < 4.78 is 17.7. The number of carboxylic acid groups (broad SMARTS) is 1. The van der Waals surface area contributed by atoms with E-state index in [9.17, 15) is 29.7 Å². The molecule has 0 aromatic heterocycles. The molecule has 12 atom stereocenters. The molecule has 5 aliphatic rings. The smallest absolute Gasteiger partial charge is 0.331 e. The monoisotopic (exact) mass is 628 g/mol. The molecule has 45 heavy (non-hydrogen) atoms.